The minimum atomic E-state index is -0.197. The third kappa shape index (κ3) is 7.66. The van der Waals surface area contributed by atoms with Crippen LogP contribution in [0.15, 0.2) is 23.2 Å². The molecule has 0 spiro atoms. The highest BCUT2D eigenvalue weighted by molar-refractivity contribution is 14.0. The number of hydrogen-bond donors (Lipinski definition) is 2. The number of hydrogen-bond acceptors (Lipinski definition) is 5. The number of rotatable bonds is 8. The zero-order valence-electron chi connectivity index (χ0n) is 19.4. The standard InChI is InChI=1S/C22H34FN7O.HI/c1-16-6-7-19(14-20(16)23)17(2)26-22(25-15-21-28-27-18(3)29(21)4)24-8-5-9-30-10-12-31-13-11-30;/h6-7,14,17H,5,8-13,15H2,1-4H3,(H2,24,25,26);1H. The number of aryl methyl sites for hydroxylation is 2. The SMILES string of the molecule is Cc1ccc(C(C)NC(=NCc2nnc(C)n2C)NCCCN2CCOCC2)cc1F.I. The first-order valence-corrected chi connectivity index (χ1v) is 10.9. The van der Waals surface area contributed by atoms with Crippen molar-refractivity contribution in [2.45, 2.75) is 39.8 Å². The van der Waals surface area contributed by atoms with E-state index < -0.39 is 0 Å². The summed E-state index contributed by atoms with van der Waals surface area (Å²) in [4.78, 5) is 7.11. The molecule has 1 aromatic heterocycles. The molecule has 1 atom stereocenters. The first kappa shape index (κ1) is 26.5. The van der Waals surface area contributed by atoms with Crippen LogP contribution < -0.4 is 10.6 Å². The highest BCUT2D eigenvalue weighted by Gasteiger charge is 2.12. The summed E-state index contributed by atoms with van der Waals surface area (Å²) in [6, 6.07) is 5.23. The second-order valence-corrected chi connectivity index (χ2v) is 8.00. The summed E-state index contributed by atoms with van der Waals surface area (Å²) in [5.74, 6) is 2.12. The van der Waals surface area contributed by atoms with E-state index >= 15 is 0 Å². The molecule has 1 aromatic carbocycles. The molecule has 1 fully saturated rings. The number of aliphatic imine (C=N–C) groups is 1. The van der Waals surface area contributed by atoms with Gasteiger partial charge in [-0.25, -0.2) is 9.38 Å². The Hall–Kier alpha value is -1.79. The average Bonchev–Trinajstić information content (AvgIpc) is 3.09. The Labute approximate surface area is 207 Å². The van der Waals surface area contributed by atoms with Crippen LogP contribution in [0.2, 0.25) is 0 Å². The molecular formula is C22H35FIN7O. The van der Waals surface area contributed by atoms with E-state index in [1.54, 1.807) is 19.1 Å². The number of nitrogens with zero attached hydrogens (tertiary/aromatic N) is 5. The molecule has 0 aliphatic carbocycles. The lowest BCUT2D eigenvalue weighted by Gasteiger charge is -2.26. The second kappa shape index (κ2) is 13.0. The Balaban J connectivity index is 0.00000363. The minimum absolute atomic E-state index is 0. The summed E-state index contributed by atoms with van der Waals surface area (Å²) in [5, 5.41) is 15.1. The van der Waals surface area contributed by atoms with Crippen molar-refractivity contribution < 1.29 is 9.13 Å². The van der Waals surface area contributed by atoms with Gasteiger partial charge in [0.25, 0.3) is 0 Å². The van der Waals surface area contributed by atoms with Crippen LogP contribution in [-0.4, -0.2) is 65.0 Å². The zero-order chi connectivity index (χ0) is 22.2. The Morgan fingerprint density at radius 3 is 2.66 bits per heavy atom. The van der Waals surface area contributed by atoms with E-state index in [0.29, 0.717) is 18.1 Å². The summed E-state index contributed by atoms with van der Waals surface area (Å²) in [7, 11) is 1.93. The molecule has 2 N–H and O–H groups in total. The van der Waals surface area contributed by atoms with E-state index in [-0.39, 0.29) is 35.8 Å². The molecule has 178 valence electrons. The molecule has 8 nitrogen and oxygen atoms in total. The quantitative estimate of drug-likeness (QED) is 0.224. The predicted octanol–water partition coefficient (Wildman–Crippen LogP) is 2.71. The van der Waals surface area contributed by atoms with Gasteiger partial charge in [0.05, 0.1) is 19.3 Å². The van der Waals surface area contributed by atoms with Gasteiger partial charge in [0.2, 0.25) is 0 Å². The van der Waals surface area contributed by atoms with Crippen molar-refractivity contribution in [3.8, 4) is 0 Å². The second-order valence-electron chi connectivity index (χ2n) is 8.00. The maximum atomic E-state index is 14.0. The smallest absolute Gasteiger partial charge is 0.192 e. The minimum Gasteiger partial charge on any atom is -0.379 e. The van der Waals surface area contributed by atoms with Gasteiger partial charge in [0, 0.05) is 26.7 Å². The topological polar surface area (TPSA) is 79.6 Å². The Morgan fingerprint density at radius 1 is 1.25 bits per heavy atom. The van der Waals surface area contributed by atoms with Crippen LogP contribution in [-0.2, 0) is 18.3 Å². The Kier molecular flexibility index (Phi) is 10.8. The van der Waals surface area contributed by atoms with E-state index in [9.17, 15) is 4.39 Å². The number of benzene rings is 1. The Bertz CT molecular complexity index is 883. The number of nitrogens with one attached hydrogen (secondary N) is 2. The maximum absolute atomic E-state index is 14.0. The summed E-state index contributed by atoms with van der Waals surface area (Å²) >= 11 is 0. The highest BCUT2D eigenvalue weighted by atomic mass is 127. The van der Waals surface area contributed by atoms with Crippen molar-refractivity contribution in [1.82, 2.24) is 30.3 Å². The zero-order valence-corrected chi connectivity index (χ0v) is 21.7. The lowest BCUT2D eigenvalue weighted by molar-refractivity contribution is 0.0376. The summed E-state index contributed by atoms with van der Waals surface area (Å²) < 4.78 is 21.3. The van der Waals surface area contributed by atoms with Crippen LogP contribution in [0, 0.1) is 19.7 Å². The van der Waals surface area contributed by atoms with E-state index in [1.165, 1.54) is 0 Å². The third-order valence-corrected chi connectivity index (χ3v) is 5.66. The van der Waals surface area contributed by atoms with Gasteiger partial charge in [0.15, 0.2) is 11.8 Å². The van der Waals surface area contributed by atoms with Crippen molar-refractivity contribution >= 4 is 29.9 Å². The average molecular weight is 559 g/mol. The largest absolute Gasteiger partial charge is 0.379 e. The van der Waals surface area contributed by atoms with E-state index in [0.717, 1.165) is 63.0 Å². The molecule has 0 saturated carbocycles. The summed E-state index contributed by atoms with van der Waals surface area (Å²) in [6.45, 7) is 11.5. The van der Waals surface area contributed by atoms with Gasteiger partial charge in [-0.3, -0.25) is 4.90 Å². The van der Waals surface area contributed by atoms with Crippen LogP contribution in [0.3, 0.4) is 0 Å². The molecular weight excluding hydrogens is 524 g/mol. The number of halogens is 2. The molecule has 1 aliphatic rings. The van der Waals surface area contributed by atoms with Crippen molar-refractivity contribution in [2.75, 3.05) is 39.4 Å². The molecule has 3 rings (SSSR count). The van der Waals surface area contributed by atoms with Crippen LogP contribution >= 0.6 is 24.0 Å². The molecule has 1 aliphatic heterocycles. The highest BCUT2D eigenvalue weighted by Crippen LogP contribution is 2.16. The van der Waals surface area contributed by atoms with Crippen molar-refractivity contribution in [3.63, 3.8) is 0 Å². The molecule has 0 bridgehead atoms. The third-order valence-electron chi connectivity index (χ3n) is 5.66. The van der Waals surface area contributed by atoms with Crippen LogP contribution in [0.4, 0.5) is 4.39 Å². The van der Waals surface area contributed by atoms with E-state index in [1.807, 2.05) is 31.5 Å². The van der Waals surface area contributed by atoms with Crippen molar-refractivity contribution in [2.24, 2.45) is 12.0 Å². The summed E-state index contributed by atoms with van der Waals surface area (Å²) in [5.41, 5.74) is 1.52. The van der Waals surface area contributed by atoms with E-state index in [4.69, 9.17) is 9.73 Å². The van der Waals surface area contributed by atoms with Crippen LogP contribution in [0.1, 0.15) is 42.2 Å². The van der Waals surface area contributed by atoms with Crippen LogP contribution in [0.5, 0.6) is 0 Å². The van der Waals surface area contributed by atoms with Gasteiger partial charge in [-0.2, -0.15) is 0 Å². The molecule has 32 heavy (non-hydrogen) atoms. The maximum Gasteiger partial charge on any atom is 0.192 e. The van der Waals surface area contributed by atoms with Crippen LogP contribution in [0.25, 0.3) is 0 Å². The fraction of sp³-hybridized carbons (Fsp3) is 0.591. The van der Waals surface area contributed by atoms with Gasteiger partial charge in [0.1, 0.15) is 18.2 Å². The lowest BCUT2D eigenvalue weighted by atomic mass is 10.1. The summed E-state index contributed by atoms with van der Waals surface area (Å²) in [6.07, 6.45) is 0.997. The van der Waals surface area contributed by atoms with Gasteiger partial charge in [-0.15, -0.1) is 34.2 Å². The number of morpholine rings is 1. The molecule has 2 heterocycles. The van der Waals surface area contributed by atoms with Gasteiger partial charge < -0.3 is 19.9 Å². The predicted molar refractivity (Wildman–Crippen MR) is 135 cm³/mol. The molecule has 1 saturated heterocycles. The Morgan fingerprint density at radius 2 is 2.00 bits per heavy atom. The fourth-order valence-electron chi connectivity index (χ4n) is 3.39. The van der Waals surface area contributed by atoms with Gasteiger partial charge in [-0.05, 0) is 50.9 Å². The first-order chi connectivity index (χ1) is 14.9. The number of ether oxygens (including phenoxy) is 1. The van der Waals surface area contributed by atoms with Crippen molar-refractivity contribution in [3.05, 3.63) is 46.8 Å². The number of aromatic nitrogens is 3. The lowest BCUT2D eigenvalue weighted by Crippen LogP contribution is -2.41. The molecule has 2 aromatic rings. The molecule has 0 radical (unpaired) electrons. The molecule has 0 amide bonds. The number of guanidine groups is 1. The first-order valence-electron chi connectivity index (χ1n) is 10.9. The fourth-order valence-corrected chi connectivity index (χ4v) is 3.39. The van der Waals surface area contributed by atoms with Crippen molar-refractivity contribution in [1.29, 1.82) is 0 Å². The molecule has 1 unspecified atom stereocenters. The molecule has 10 heteroatoms. The van der Waals surface area contributed by atoms with E-state index in [2.05, 4.69) is 25.7 Å². The van der Waals surface area contributed by atoms with Gasteiger partial charge in [-0.1, -0.05) is 12.1 Å². The monoisotopic (exact) mass is 559 g/mol. The normalized spacial score (nSPS) is 15.8. The van der Waals surface area contributed by atoms with Gasteiger partial charge >= 0.3 is 0 Å².